The van der Waals surface area contributed by atoms with Crippen LogP contribution in [-0.4, -0.2) is 18.5 Å². The molecule has 0 aliphatic rings. The van der Waals surface area contributed by atoms with E-state index in [0.29, 0.717) is 6.54 Å². The lowest BCUT2D eigenvalue weighted by Gasteiger charge is -2.25. The van der Waals surface area contributed by atoms with Crippen molar-refractivity contribution in [1.29, 1.82) is 0 Å². The van der Waals surface area contributed by atoms with Crippen LogP contribution in [0.1, 0.15) is 23.1 Å². The summed E-state index contributed by atoms with van der Waals surface area (Å²) in [5, 5.41) is 0. The Morgan fingerprint density at radius 3 is 2.42 bits per heavy atom. The minimum absolute atomic E-state index is 0.109. The first-order valence-corrected chi connectivity index (χ1v) is 7.10. The Morgan fingerprint density at radius 1 is 1.21 bits per heavy atom. The van der Waals surface area contributed by atoms with Gasteiger partial charge in [0.05, 0.1) is 6.04 Å². The van der Waals surface area contributed by atoms with Gasteiger partial charge in [0.15, 0.2) is 0 Å². The van der Waals surface area contributed by atoms with E-state index in [2.05, 4.69) is 52.1 Å². The molecule has 0 saturated heterocycles. The van der Waals surface area contributed by atoms with Gasteiger partial charge in [0.1, 0.15) is 11.5 Å². The van der Waals surface area contributed by atoms with Crippen molar-refractivity contribution in [3.8, 4) is 0 Å². The molecule has 1 unspecified atom stereocenters. The summed E-state index contributed by atoms with van der Waals surface area (Å²) in [4.78, 5) is 2.21. The lowest BCUT2D eigenvalue weighted by molar-refractivity contribution is 0.211. The molecule has 4 heteroatoms. The topological polar surface area (TPSA) is 42.4 Å². The van der Waals surface area contributed by atoms with Crippen LogP contribution in [0.25, 0.3) is 0 Å². The van der Waals surface area contributed by atoms with Crippen molar-refractivity contribution in [2.75, 3.05) is 13.6 Å². The van der Waals surface area contributed by atoms with Crippen LogP contribution in [-0.2, 0) is 6.54 Å². The largest absolute Gasteiger partial charge is 0.465 e. The van der Waals surface area contributed by atoms with E-state index >= 15 is 0 Å². The van der Waals surface area contributed by atoms with Gasteiger partial charge in [-0.15, -0.1) is 0 Å². The molecule has 19 heavy (non-hydrogen) atoms. The molecule has 2 aromatic rings. The van der Waals surface area contributed by atoms with Gasteiger partial charge in [-0.05, 0) is 43.8 Å². The lowest BCUT2D eigenvalue weighted by atomic mass is 10.1. The van der Waals surface area contributed by atoms with Crippen LogP contribution in [0.2, 0.25) is 0 Å². The van der Waals surface area contributed by atoms with E-state index in [-0.39, 0.29) is 6.04 Å². The fourth-order valence-electron chi connectivity index (χ4n) is 2.13. The normalized spacial score (nSPS) is 12.9. The quantitative estimate of drug-likeness (QED) is 0.916. The van der Waals surface area contributed by atoms with Crippen molar-refractivity contribution in [3.63, 3.8) is 0 Å². The van der Waals surface area contributed by atoms with Gasteiger partial charge >= 0.3 is 0 Å². The Balaban J connectivity index is 2.08. The molecule has 0 bridgehead atoms. The zero-order valence-corrected chi connectivity index (χ0v) is 12.9. The molecule has 1 atom stereocenters. The first-order chi connectivity index (χ1) is 9.10. The maximum Gasteiger partial charge on any atom is 0.122 e. The van der Waals surface area contributed by atoms with Crippen molar-refractivity contribution in [1.82, 2.24) is 4.90 Å². The molecule has 0 amide bonds. The predicted molar refractivity (Wildman–Crippen MR) is 80.8 cm³/mol. The van der Waals surface area contributed by atoms with Gasteiger partial charge in [-0.3, -0.25) is 4.90 Å². The zero-order valence-electron chi connectivity index (χ0n) is 11.3. The summed E-state index contributed by atoms with van der Waals surface area (Å²) in [5.41, 5.74) is 7.14. The summed E-state index contributed by atoms with van der Waals surface area (Å²) in [7, 11) is 2.07. The van der Waals surface area contributed by atoms with E-state index in [1.807, 2.05) is 19.1 Å². The van der Waals surface area contributed by atoms with Crippen molar-refractivity contribution in [3.05, 3.63) is 58.0 Å². The predicted octanol–water partition coefficient (Wildman–Crippen LogP) is 3.48. The second-order valence-corrected chi connectivity index (χ2v) is 5.66. The second kappa shape index (κ2) is 6.37. The van der Waals surface area contributed by atoms with Crippen LogP contribution >= 0.6 is 15.9 Å². The molecule has 2 rings (SSSR count). The van der Waals surface area contributed by atoms with Crippen molar-refractivity contribution in [2.24, 2.45) is 5.73 Å². The number of aryl methyl sites for hydroxylation is 1. The van der Waals surface area contributed by atoms with Crippen LogP contribution in [0.5, 0.6) is 0 Å². The van der Waals surface area contributed by atoms with Crippen LogP contribution in [0.4, 0.5) is 0 Å². The summed E-state index contributed by atoms with van der Waals surface area (Å²) in [6.45, 7) is 3.33. The molecule has 0 saturated carbocycles. The average Bonchev–Trinajstić information content (AvgIpc) is 2.80. The molecule has 1 heterocycles. The van der Waals surface area contributed by atoms with Gasteiger partial charge in [0.25, 0.3) is 0 Å². The number of nitrogens with two attached hydrogens (primary N) is 1. The fourth-order valence-corrected chi connectivity index (χ4v) is 2.40. The number of rotatable bonds is 5. The molecule has 0 aliphatic heterocycles. The average molecular weight is 323 g/mol. The standard InChI is InChI=1S/C15H19BrN2O/c1-11-3-8-15(19-11)14(9-17)18(2)10-12-4-6-13(16)7-5-12/h3-8,14H,9-10,17H2,1-2H3. The monoisotopic (exact) mass is 322 g/mol. The molecule has 102 valence electrons. The van der Waals surface area contributed by atoms with Gasteiger partial charge < -0.3 is 10.2 Å². The summed E-state index contributed by atoms with van der Waals surface area (Å²) >= 11 is 3.45. The third-order valence-corrected chi connectivity index (χ3v) is 3.72. The van der Waals surface area contributed by atoms with E-state index in [1.165, 1.54) is 5.56 Å². The van der Waals surface area contributed by atoms with Crippen LogP contribution in [0, 0.1) is 6.92 Å². The number of likely N-dealkylation sites (N-methyl/N-ethyl adjacent to an activating group) is 1. The van der Waals surface area contributed by atoms with E-state index in [4.69, 9.17) is 10.2 Å². The summed E-state index contributed by atoms with van der Waals surface area (Å²) in [6.07, 6.45) is 0. The van der Waals surface area contributed by atoms with Gasteiger partial charge in [-0.2, -0.15) is 0 Å². The highest BCUT2D eigenvalue weighted by Gasteiger charge is 2.18. The van der Waals surface area contributed by atoms with Gasteiger partial charge in [0.2, 0.25) is 0 Å². The Labute approximate surface area is 122 Å². The molecule has 1 aromatic carbocycles. The van der Waals surface area contributed by atoms with Gasteiger partial charge in [-0.1, -0.05) is 28.1 Å². The van der Waals surface area contributed by atoms with E-state index in [0.717, 1.165) is 22.5 Å². The smallest absolute Gasteiger partial charge is 0.122 e. The maximum atomic E-state index is 5.88. The molecule has 1 aromatic heterocycles. The molecule has 0 spiro atoms. The van der Waals surface area contributed by atoms with E-state index in [9.17, 15) is 0 Å². The Hall–Kier alpha value is -1.10. The highest BCUT2D eigenvalue weighted by Crippen LogP contribution is 2.22. The van der Waals surface area contributed by atoms with Gasteiger partial charge in [0, 0.05) is 17.6 Å². The number of furan rings is 1. The van der Waals surface area contributed by atoms with E-state index < -0.39 is 0 Å². The number of hydrogen-bond acceptors (Lipinski definition) is 3. The van der Waals surface area contributed by atoms with Crippen LogP contribution in [0.15, 0.2) is 45.3 Å². The number of benzene rings is 1. The number of nitrogens with zero attached hydrogens (tertiary/aromatic N) is 1. The molecule has 0 aliphatic carbocycles. The number of halogens is 1. The number of hydrogen-bond donors (Lipinski definition) is 1. The lowest BCUT2D eigenvalue weighted by Crippen LogP contribution is -2.29. The van der Waals surface area contributed by atoms with Crippen molar-refractivity contribution >= 4 is 15.9 Å². The van der Waals surface area contributed by atoms with Gasteiger partial charge in [-0.25, -0.2) is 0 Å². The zero-order chi connectivity index (χ0) is 13.8. The molecule has 3 nitrogen and oxygen atoms in total. The summed E-state index contributed by atoms with van der Waals surface area (Å²) < 4.78 is 6.78. The molecule has 0 radical (unpaired) electrons. The van der Waals surface area contributed by atoms with Crippen molar-refractivity contribution in [2.45, 2.75) is 19.5 Å². The Kier molecular flexibility index (Phi) is 4.80. The third-order valence-electron chi connectivity index (χ3n) is 3.19. The maximum absolute atomic E-state index is 5.88. The Morgan fingerprint density at radius 2 is 1.89 bits per heavy atom. The van der Waals surface area contributed by atoms with E-state index in [1.54, 1.807) is 0 Å². The van der Waals surface area contributed by atoms with Crippen LogP contribution < -0.4 is 5.73 Å². The highest BCUT2D eigenvalue weighted by molar-refractivity contribution is 9.10. The minimum atomic E-state index is 0.109. The first-order valence-electron chi connectivity index (χ1n) is 6.31. The fraction of sp³-hybridized carbons (Fsp3) is 0.333. The molecule has 0 fully saturated rings. The SMILES string of the molecule is Cc1ccc(C(CN)N(C)Cc2ccc(Br)cc2)o1. The first kappa shape index (κ1) is 14.3. The molecular weight excluding hydrogens is 304 g/mol. The summed E-state index contributed by atoms with van der Waals surface area (Å²) in [5.74, 6) is 1.85. The third kappa shape index (κ3) is 3.69. The second-order valence-electron chi connectivity index (χ2n) is 4.74. The summed E-state index contributed by atoms with van der Waals surface area (Å²) in [6, 6.07) is 12.4. The van der Waals surface area contributed by atoms with Crippen molar-refractivity contribution < 1.29 is 4.42 Å². The highest BCUT2D eigenvalue weighted by atomic mass is 79.9. The van der Waals surface area contributed by atoms with Crippen LogP contribution in [0.3, 0.4) is 0 Å². The Bertz CT molecular complexity index is 521. The minimum Gasteiger partial charge on any atom is -0.465 e. The molecular formula is C15H19BrN2O. The molecule has 2 N–H and O–H groups in total.